The van der Waals surface area contributed by atoms with Gasteiger partial charge in [-0.1, -0.05) is 52.9 Å². The maximum atomic E-state index is 16.8. The molecule has 6 unspecified atom stereocenters. The van der Waals surface area contributed by atoms with Gasteiger partial charge in [-0.05, 0) is 100 Å². The highest BCUT2D eigenvalue weighted by molar-refractivity contribution is 7.79. The monoisotopic (exact) mass is 959 g/mol. The Kier molecular flexibility index (Phi) is 19.7. The van der Waals surface area contributed by atoms with Crippen LogP contribution in [0.25, 0.3) is 10.9 Å². The fraction of sp³-hybridized carbons (Fsp3) is 0.549. The number of nitrogens with one attached hydrogen (secondary N) is 2. The molecular weight excluding hydrogens is 884 g/mol. The first-order chi connectivity index (χ1) is 32.8. The molecule has 2 aromatic heterocycles. The first kappa shape index (κ1) is 53.8. The van der Waals surface area contributed by atoms with Crippen LogP contribution in [0.15, 0.2) is 71.0 Å². The smallest absolute Gasteiger partial charge is 0.262 e. The quantitative estimate of drug-likeness (QED) is 0.0644. The van der Waals surface area contributed by atoms with E-state index in [0.717, 1.165) is 41.2 Å². The zero-order valence-electron chi connectivity index (χ0n) is 42.1. The van der Waals surface area contributed by atoms with Crippen molar-refractivity contribution in [2.45, 2.75) is 119 Å². The van der Waals surface area contributed by atoms with E-state index in [1.807, 2.05) is 76.9 Å². The third kappa shape index (κ3) is 12.0. The van der Waals surface area contributed by atoms with E-state index in [4.69, 9.17) is 27.4 Å². The van der Waals surface area contributed by atoms with Crippen LogP contribution in [0, 0.1) is 11.7 Å². The second-order valence-electron chi connectivity index (χ2n) is 17.4. The van der Waals surface area contributed by atoms with Crippen molar-refractivity contribution >= 4 is 57.5 Å². The number of unbranched alkanes of at least 4 members (excludes halogenated alkanes) is 1. The maximum Gasteiger partial charge on any atom is 0.262 e. The molecule has 68 heavy (non-hydrogen) atoms. The molecule has 6 atom stereocenters. The first-order valence-corrected chi connectivity index (χ1v) is 24.8. The first-order valence-electron chi connectivity index (χ1n) is 24.4. The van der Waals surface area contributed by atoms with Crippen LogP contribution in [-0.2, 0) is 20.9 Å². The van der Waals surface area contributed by atoms with Crippen molar-refractivity contribution in [2.24, 2.45) is 5.92 Å². The lowest BCUT2D eigenvalue weighted by molar-refractivity contribution is -0.164. The Morgan fingerprint density at radius 2 is 1.90 bits per heavy atom. The predicted molar refractivity (Wildman–Crippen MR) is 276 cm³/mol. The highest BCUT2D eigenvalue weighted by Crippen LogP contribution is 2.44. The topological polar surface area (TPSA) is 154 Å². The summed E-state index contributed by atoms with van der Waals surface area (Å²) in [5, 5.41) is 6.54. The molecule has 2 fully saturated rings. The zero-order valence-corrected chi connectivity index (χ0v) is 42.9. The Labute approximate surface area is 408 Å². The van der Waals surface area contributed by atoms with Gasteiger partial charge in [-0.25, -0.2) is 19.8 Å². The molecule has 0 bridgehead atoms. The van der Waals surface area contributed by atoms with E-state index in [-0.39, 0.29) is 52.9 Å². The number of hydrazine groups is 1. The van der Waals surface area contributed by atoms with Crippen LogP contribution in [0.4, 0.5) is 21.6 Å². The van der Waals surface area contributed by atoms with Gasteiger partial charge in [0.25, 0.3) is 11.8 Å². The highest BCUT2D eigenvalue weighted by atomic mass is 32.1. The van der Waals surface area contributed by atoms with Gasteiger partial charge in [-0.2, -0.15) is 0 Å². The van der Waals surface area contributed by atoms with Crippen molar-refractivity contribution in [3.05, 3.63) is 87.8 Å². The molecule has 4 aliphatic heterocycles. The lowest BCUT2D eigenvalue weighted by Crippen LogP contribution is -2.70. The Bertz CT molecular complexity index is 2370. The van der Waals surface area contributed by atoms with Crippen molar-refractivity contribution in [1.29, 1.82) is 0 Å². The molecule has 1 aromatic carbocycles. The number of pyridine rings is 2. The van der Waals surface area contributed by atoms with Gasteiger partial charge in [0.15, 0.2) is 17.0 Å². The minimum atomic E-state index is -0.617. The molecular formula is C51H75FN10O5S. The number of halogens is 1. The van der Waals surface area contributed by atoms with Crippen molar-refractivity contribution in [2.75, 3.05) is 75.6 Å². The summed E-state index contributed by atoms with van der Waals surface area (Å²) in [6.07, 6.45) is 14.2. The summed E-state index contributed by atoms with van der Waals surface area (Å²) in [6, 6.07) is 3.89. The number of nitrogens with zero attached hydrogens (tertiary/aromatic N) is 7. The summed E-state index contributed by atoms with van der Waals surface area (Å²) in [6.45, 7) is 21.8. The van der Waals surface area contributed by atoms with E-state index in [2.05, 4.69) is 55.2 Å². The summed E-state index contributed by atoms with van der Waals surface area (Å²) in [5.41, 5.74) is 13.1. The third-order valence-electron chi connectivity index (χ3n) is 13.0. The number of nitrogens with two attached hydrogens (primary N) is 1. The normalized spacial score (nSPS) is 21.1. The molecule has 3 aromatic rings. The maximum absolute atomic E-state index is 16.8. The number of carbonyl (C=O) groups is 2. The van der Waals surface area contributed by atoms with Gasteiger partial charge >= 0.3 is 0 Å². The van der Waals surface area contributed by atoms with Crippen LogP contribution >= 0.6 is 12.2 Å². The standard InChI is InChI=1S/C47H63FN10O5S.2C2H6/c1-8-33-25-56(27-37(33)39(9-2)51-30(4)46(60)58-47(61)31(5)52-58)43-38(48)21-36-42-45(43)63-28-29(3)57(42)26-34(44(36)59)24-54(23-32-14-17-53(6)41(20-32)62-7)15-10-11-16-55(18-19-64)35-12-13-40(49)50-22-35;2*1-2/h8,12-14,17,19-22,26,29-31,37,39,41,51-52H,9-11,15-16,18,23-25,27-28H2,1-7H3,(H2,49,50);2*1-2H3/b33-8+;;. The molecule has 15 nitrogen and oxygen atoms in total. The van der Waals surface area contributed by atoms with Crippen LogP contribution in [0.1, 0.15) is 93.2 Å². The molecule has 2 amide bonds. The summed E-state index contributed by atoms with van der Waals surface area (Å²) in [5.74, 6) is -0.314. The number of benzene rings is 1. The summed E-state index contributed by atoms with van der Waals surface area (Å²) < 4.78 is 31.0. The molecule has 4 aliphatic rings. The molecule has 0 aliphatic carbocycles. The molecule has 0 radical (unpaired) electrons. The van der Waals surface area contributed by atoms with Crippen LogP contribution in [-0.4, -0.2) is 126 Å². The Hall–Kier alpha value is -5.20. The average molecular weight is 959 g/mol. The number of anilines is 3. The van der Waals surface area contributed by atoms with Gasteiger partial charge in [0.1, 0.15) is 30.4 Å². The number of allylic oxidation sites excluding steroid dienone is 1. The molecule has 2 saturated heterocycles. The Morgan fingerprint density at radius 3 is 2.53 bits per heavy atom. The van der Waals surface area contributed by atoms with Crippen LogP contribution in [0.5, 0.6) is 5.75 Å². The minimum absolute atomic E-state index is 0.0453. The van der Waals surface area contributed by atoms with Gasteiger partial charge in [0.05, 0.1) is 34.9 Å². The molecule has 0 saturated carbocycles. The second kappa shape index (κ2) is 24.9. The molecule has 17 heteroatoms. The highest BCUT2D eigenvalue weighted by Gasteiger charge is 2.42. The van der Waals surface area contributed by atoms with Crippen LogP contribution in [0.2, 0.25) is 0 Å². The number of nitrogen functional groups attached to an aromatic ring is 1. The molecule has 372 valence electrons. The van der Waals surface area contributed by atoms with E-state index in [9.17, 15) is 14.4 Å². The number of thiocarbonyl (C=S) groups is 1. The fourth-order valence-electron chi connectivity index (χ4n) is 9.36. The number of likely N-dealkylation sites (N-methyl/N-ethyl adjacent to an activating group) is 1. The van der Waals surface area contributed by atoms with Gasteiger partial charge in [-0.15, -0.1) is 0 Å². The number of hydrogen-bond acceptors (Lipinski definition) is 14. The summed E-state index contributed by atoms with van der Waals surface area (Å²) in [4.78, 5) is 52.7. The number of carbonyl (C=O) groups excluding carboxylic acids is 2. The summed E-state index contributed by atoms with van der Waals surface area (Å²) >= 11 is 5.22. The zero-order chi connectivity index (χ0) is 49.8. The number of imide groups is 1. The van der Waals surface area contributed by atoms with E-state index < -0.39 is 11.9 Å². The Balaban J connectivity index is 0.00000210. The largest absolute Gasteiger partial charge is 0.487 e. The van der Waals surface area contributed by atoms with Crippen molar-refractivity contribution in [1.82, 2.24) is 35.1 Å². The third-order valence-corrected chi connectivity index (χ3v) is 13.1. The lowest BCUT2D eigenvalue weighted by atomic mass is 9.91. The van der Waals surface area contributed by atoms with Gasteiger partial charge < -0.3 is 39.8 Å². The fourth-order valence-corrected chi connectivity index (χ4v) is 9.54. The number of ether oxygens (including phenoxy) is 2. The van der Waals surface area contributed by atoms with Gasteiger partial charge in [0, 0.05) is 83.3 Å². The number of rotatable bonds is 19. The van der Waals surface area contributed by atoms with Crippen molar-refractivity contribution in [3.8, 4) is 5.75 Å². The van der Waals surface area contributed by atoms with E-state index in [1.165, 1.54) is 6.07 Å². The number of hydrogen-bond donors (Lipinski definition) is 3. The molecule has 4 N–H and O–H groups in total. The van der Waals surface area contributed by atoms with Crippen LogP contribution in [0.3, 0.4) is 0 Å². The molecule has 7 rings (SSSR count). The number of methoxy groups -OCH3 is 1. The van der Waals surface area contributed by atoms with E-state index >= 15 is 4.39 Å². The van der Waals surface area contributed by atoms with E-state index in [0.29, 0.717) is 80.6 Å². The SMILES string of the molecule is C/C=C1\CN(c2c(F)cc3c(=O)c(CN(CCCCN(CC=S)c4ccc(N)nc4)CC4=CC(OC)N(C)C=C4)cn4c3c2OCC4C)CC1C(CC)NC(C)C(=O)N1NC(C)C1=O.CC.CC. The van der Waals surface area contributed by atoms with E-state index in [1.54, 1.807) is 38.6 Å². The van der Waals surface area contributed by atoms with Crippen molar-refractivity contribution in [3.63, 3.8) is 0 Å². The summed E-state index contributed by atoms with van der Waals surface area (Å²) in [7, 11) is 3.65. The molecule has 6 heterocycles. The number of aromatic nitrogens is 2. The number of amides is 2. The predicted octanol–water partition coefficient (Wildman–Crippen LogP) is 6.97. The second-order valence-corrected chi connectivity index (χ2v) is 17.8. The van der Waals surface area contributed by atoms with Crippen molar-refractivity contribution < 1.29 is 23.5 Å². The lowest BCUT2D eigenvalue weighted by Gasteiger charge is -2.38. The molecule has 0 spiro atoms. The van der Waals surface area contributed by atoms with Crippen LogP contribution < -0.4 is 36.4 Å². The van der Waals surface area contributed by atoms with Gasteiger partial charge in [-0.3, -0.25) is 19.3 Å². The van der Waals surface area contributed by atoms with Gasteiger partial charge in [0.2, 0.25) is 0 Å². The Morgan fingerprint density at radius 1 is 1.16 bits per heavy atom. The minimum Gasteiger partial charge on any atom is -0.487 e. The average Bonchev–Trinajstić information content (AvgIpc) is 3.78.